The Morgan fingerprint density at radius 1 is 1.09 bits per heavy atom. The van der Waals surface area contributed by atoms with Crippen LogP contribution in [-0.2, 0) is 11.3 Å². The van der Waals surface area contributed by atoms with Crippen molar-refractivity contribution in [3.05, 3.63) is 59.9 Å². The Morgan fingerprint density at radius 2 is 1.88 bits per heavy atom. The number of aryl methyl sites for hydroxylation is 1. The standard InChI is InChI=1S/C25H31N5O2S/c1-18-11-13-19(14-12-18)27-24(31)17-33-25-29-28-23(30(25)21-8-4-3-5-9-21)16-26-20-7-6-10-22(15-20)32-2/h6-7,10-15,21,26H,3-5,8-9,16-17H2,1-2H3,(H,27,31). The van der Waals surface area contributed by atoms with Gasteiger partial charge < -0.3 is 19.9 Å². The lowest BCUT2D eigenvalue weighted by Gasteiger charge is -2.25. The molecule has 1 saturated carbocycles. The van der Waals surface area contributed by atoms with Crippen LogP contribution in [0.25, 0.3) is 0 Å². The van der Waals surface area contributed by atoms with Gasteiger partial charge in [-0.25, -0.2) is 0 Å². The summed E-state index contributed by atoms with van der Waals surface area (Å²) in [6, 6.07) is 16.1. The van der Waals surface area contributed by atoms with E-state index in [0.717, 1.165) is 46.5 Å². The summed E-state index contributed by atoms with van der Waals surface area (Å²) in [6.07, 6.45) is 5.94. The highest BCUT2D eigenvalue weighted by molar-refractivity contribution is 7.99. The van der Waals surface area contributed by atoms with E-state index in [1.54, 1.807) is 7.11 Å². The fraction of sp³-hybridized carbons (Fsp3) is 0.400. The normalized spacial score (nSPS) is 14.1. The first-order valence-electron chi connectivity index (χ1n) is 11.4. The van der Waals surface area contributed by atoms with Gasteiger partial charge in [-0.1, -0.05) is 54.8 Å². The Bertz CT molecular complexity index is 1060. The molecule has 0 unspecified atom stereocenters. The van der Waals surface area contributed by atoms with Crippen molar-refractivity contribution < 1.29 is 9.53 Å². The molecule has 0 bridgehead atoms. The number of carbonyl (C=O) groups excluding carboxylic acids is 1. The van der Waals surface area contributed by atoms with E-state index in [-0.39, 0.29) is 5.91 Å². The molecule has 1 amide bonds. The molecule has 1 aliphatic rings. The summed E-state index contributed by atoms with van der Waals surface area (Å²) in [6.45, 7) is 2.59. The minimum Gasteiger partial charge on any atom is -0.497 e. The summed E-state index contributed by atoms with van der Waals surface area (Å²) in [4.78, 5) is 12.5. The number of hydrogen-bond donors (Lipinski definition) is 2. The van der Waals surface area contributed by atoms with E-state index >= 15 is 0 Å². The lowest BCUT2D eigenvalue weighted by atomic mass is 9.95. The minimum atomic E-state index is -0.0434. The number of hydrogen-bond acceptors (Lipinski definition) is 6. The molecule has 0 spiro atoms. The molecule has 174 valence electrons. The molecule has 2 N–H and O–H groups in total. The zero-order chi connectivity index (χ0) is 23.0. The highest BCUT2D eigenvalue weighted by Crippen LogP contribution is 2.33. The molecule has 33 heavy (non-hydrogen) atoms. The third-order valence-electron chi connectivity index (χ3n) is 5.86. The number of benzene rings is 2. The van der Waals surface area contributed by atoms with Crippen molar-refractivity contribution >= 4 is 29.0 Å². The van der Waals surface area contributed by atoms with Crippen molar-refractivity contribution in [2.24, 2.45) is 0 Å². The van der Waals surface area contributed by atoms with E-state index in [1.165, 1.54) is 31.0 Å². The molecule has 0 aliphatic heterocycles. The highest BCUT2D eigenvalue weighted by atomic mass is 32.2. The molecule has 2 aromatic carbocycles. The topological polar surface area (TPSA) is 81.1 Å². The number of anilines is 2. The van der Waals surface area contributed by atoms with Gasteiger partial charge in [0.2, 0.25) is 5.91 Å². The first-order valence-corrected chi connectivity index (χ1v) is 12.4. The van der Waals surface area contributed by atoms with Gasteiger partial charge in [-0.3, -0.25) is 4.79 Å². The molecule has 8 heteroatoms. The van der Waals surface area contributed by atoms with Gasteiger partial charge in [0, 0.05) is 23.5 Å². The van der Waals surface area contributed by atoms with Crippen molar-refractivity contribution in [1.82, 2.24) is 14.8 Å². The second kappa shape index (κ2) is 11.2. The fourth-order valence-corrected chi connectivity index (χ4v) is 4.94. The fourth-order valence-electron chi connectivity index (χ4n) is 4.11. The molecule has 1 heterocycles. The maximum absolute atomic E-state index is 12.5. The van der Waals surface area contributed by atoms with E-state index in [9.17, 15) is 4.79 Å². The lowest BCUT2D eigenvalue weighted by Crippen LogP contribution is -2.19. The molecule has 1 fully saturated rings. The number of aromatic nitrogens is 3. The van der Waals surface area contributed by atoms with Gasteiger partial charge in [-0.15, -0.1) is 10.2 Å². The zero-order valence-electron chi connectivity index (χ0n) is 19.2. The first kappa shape index (κ1) is 23.2. The van der Waals surface area contributed by atoms with Crippen LogP contribution in [-0.4, -0.2) is 33.5 Å². The van der Waals surface area contributed by atoms with Crippen LogP contribution in [0.5, 0.6) is 5.75 Å². The summed E-state index contributed by atoms with van der Waals surface area (Å²) in [5.74, 6) is 1.95. The number of nitrogens with one attached hydrogen (secondary N) is 2. The summed E-state index contributed by atoms with van der Waals surface area (Å²) in [7, 11) is 1.66. The van der Waals surface area contributed by atoms with Gasteiger partial charge in [0.05, 0.1) is 19.4 Å². The number of thioether (sulfide) groups is 1. The quantitative estimate of drug-likeness (QED) is 0.409. The third kappa shape index (κ3) is 6.28. The van der Waals surface area contributed by atoms with Crippen LogP contribution in [0, 0.1) is 6.92 Å². The monoisotopic (exact) mass is 465 g/mol. The summed E-state index contributed by atoms with van der Waals surface area (Å²) >= 11 is 1.45. The zero-order valence-corrected chi connectivity index (χ0v) is 20.0. The van der Waals surface area contributed by atoms with Gasteiger partial charge in [0.25, 0.3) is 0 Å². The highest BCUT2D eigenvalue weighted by Gasteiger charge is 2.23. The van der Waals surface area contributed by atoms with Gasteiger partial charge in [-0.05, 0) is 44.0 Å². The first-order chi connectivity index (χ1) is 16.1. The average molecular weight is 466 g/mol. The van der Waals surface area contributed by atoms with Crippen molar-refractivity contribution in [3.63, 3.8) is 0 Å². The van der Waals surface area contributed by atoms with Gasteiger partial charge in [0.1, 0.15) is 5.75 Å². The Hall–Kier alpha value is -3.00. The van der Waals surface area contributed by atoms with Crippen LogP contribution < -0.4 is 15.4 Å². The molecule has 0 atom stereocenters. The lowest BCUT2D eigenvalue weighted by molar-refractivity contribution is -0.113. The van der Waals surface area contributed by atoms with Crippen molar-refractivity contribution in [1.29, 1.82) is 0 Å². The number of ether oxygens (including phenoxy) is 1. The molecule has 4 rings (SSSR count). The second-order valence-electron chi connectivity index (χ2n) is 8.35. The van der Waals surface area contributed by atoms with Crippen LogP contribution >= 0.6 is 11.8 Å². The van der Waals surface area contributed by atoms with Crippen LogP contribution in [0.4, 0.5) is 11.4 Å². The van der Waals surface area contributed by atoms with Crippen LogP contribution in [0.15, 0.2) is 53.7 Å². The van der Waals surface area contributed by atoms with E-state index in [0.29, 0.717) is 18.3 Å². The molecule has 7 nitrogen and oxygen atoms in total. The molecular formula is C25H31N5O2S. The average Bonchev–Trinajstić information content (AvgIpc) is 3.26. The molecule has 3 aromatic rings. The van der Waals surface area contributed by atoms with E-state index in [1.807, 2.05) is 55.5 Å². The number of methoxy groups -OCH3 is 1. The number of rotatable bonds is 9. The summed E-state index contributed by atoms with van der Waals surface area (Å²) in [5.41, 5.74) is 2.94. The maximum atomic E-state index is 12.5. The number of amides is 1. The van der Waals surface area contributed by atoms with Crippen LogP contribution in [0.2, 0.25) is 0 Å². The molecule has 1 aromatic heterocycles. The minimum absolute atomic E-state index is 0.0434. The number of nitrogens with zero attached hydrogens (tertiary/aromatic N) is 3. The summed E-state index contributed by atoms with van der Waals surface area (Å²) in [5, 5.41) is 16.2. The largest absolute Gasteiger partial charge is 0.497 e. The number of carbonyl (C=O) groups is 1. The maximum Gasteiger partial charge on any atom is 0.234 e. The smallest absolute Gasteiger partial charge is 0.234 e. The Labute approximate surface area is 199 Å². The van der Waals surface area contributed by atoms with Crippen molar-refractivity contribution in [3.8, 4) is 5.75 Å². The summed E-state index contributed by atoms with van der Waals surface area (Å²) < 4.78 is 7.56. The van der Waals surface area contributed by atoms with Crippen molar-refractivity contribution in [2.45, 2.75) is 56.8 Å². The Morgan fingerprint density at radius 3 is 2.64 bits per heavy atom. The van der Waals surface area contributed by atoms with Crippen molar-refractivity contribution in [2.75, 3.05) is 23.5 Å². The van der Waals surface area contributed by atoms with E-state index < -0.39 is 0 Å². The predicted octanol–water partition coefficient (Wildman–Crippen LogP) is 5.44. The molecule has 0 saturated heterocycles. The van der Waals surface area contributed by atoms with E-state index in [2.05, 4.69) is 25.4 Å². The van der Waals surface area contributed by atoms with Gasteiger partial charge in [-0.2, -0.15) is 0 Å². The van der Waals surface area contributed by atoms with Gasteiger partial charge >= 0.3 is 0 Å². The second-order valence-corrected chi connectivity index (χ2v) is 9.29. The molecule has 1 aliphatic carbocycles. The molecule has 0 radical (unpaired) electrons. The SMILES string of the molecule is COc1cccc(NCc2nnc(SCC(=O)Nc3ccc(C)cc3)n2C2CCCCC2)c1. The van der Waals surface area contributed by atoms with Gasteiger partial charge in [0.15, 0.2) is 11.0 Å². The Balaban J connectivity index is 1.44. The molecular weight excluding hydrogens is 434 g/mol. The van der Waals surface area contributed by atoms with E-state index in [4.69, 9.17) is 4.74 Å². The van der Waals surface area contributed by atoms with Crippen LogP contribution in [0.1, 0.15) is 49.5 Å². The Kier molecular flexibility index (Phi) is 7.88. The predicted molar refractivity (Wildman–Crippen MR) is 133 cm³/mol. The van der Waals surface area contributed by atoms with Crippen LogP contribution in [0.3, 0.4) is 0 Å². The third-order valence-corrected chi connectivity index (χ3v) is 6.81.